The van der Waals surface area contributed by atoms with Gasteiger partial charge in [-0.25, -0.2) is 4.98 Å². The number of carbonyl (C=O) groups is 1. The Morgan fingerprint density at radius 1 is 1.12 bits per heavy atom. The van der Waals surface area contributed by atoms with E-state index in [1.54, 1.807) is 18.2 Å². The Labute approximate surface area is 136 Å². The Balaban J connectivity index is 1.71. The zero-order chi connectivity index (χ0) is 16.7. The van der Waals surface area contributed by atoms with Crippen LogP contribution in [0.4, 0.5) is 0 Å². The molecule has 24 heavy (non-hydrogen) atoms. The highest BCUT2D eigenvalue weighted by Gasteiger charge is 2.16. The van der Waals surface area contributed by atoms with Gasteiger partial charge in [0.1, 0.15) is 17.1 Å². The number of nitrogens with zero attached hydrogens (tertiary/aromatic N) is 1. The summed E-state index contributed by atoms with van der Waals surface area (Å²) in [6.45, 7) is 0. The van der Waals surface area contributed by atoms with Crippen molar-refractivity contribution in [3.63, 3.8) is 0 Å². The molecule has 0 saturated carbocycles. The van der Waals surface area contributed by atoms with E-state index < -0.39 is 12.0 Å². The van der Waals surface area contributed by atoms with Crippen molar-refractivity contribution in [3.8, 4) is 11.7 Å². The van der Waals surface area contributed by atoms with Crippen molar-refractivity contribution in [2.75, 3.05) is 0 Å². The van der Waals surface area contributed by atoms with Crippen molar-refractivity contribution in [1.29, 1.82) is 0 Å². The quantitative estimate of drug-likeness (QED) is 0.598. The lowest BCUT2D eigenvalue weighted by molar-refractivity contribution is -0.138. The Bertz CT molecular complexity index is 1010. The molecule has 0 amide bonds. The normalized spacial score (nSPS) is 12.7. The lowest BCUT2D eigenvalue weighted by atomic mass is 10.1. The maximum atomic E-state index is 10.9. The third-order valence-corrected chi connectivity index (χ3v) is 3.86. The summed E-state index contributed by atoms with van der Waals surface area (Å²) in [5.41, 5.74) is 8.38. The Kier molecular flexibility index (Phi) is 3.32. The van der Waals surface area contributed by atoms with Gasteiger partial charge >= 0.3 is 5.97 Å². The number of rotatable bonds is 4. The number of carboxylic acid groups (broad SMARTS) is 1. The van der Waals surface area contributed by atoms with E-state index in [4.69, 9.17) is 19.7 Å². The van der Waals surface area contributed by atoms with Gasteiger partial charge in [-0.1, -0.05) is 24.3 Å². The highest BCUT2D eigenvalue weighted by molar-refractivity contribution is 5.83. The minimum Gasteiger partial charge on any atom is -0.480 e. The summed E-state index contributed by atoms with van der Waals surface area (Å²) < 4.78 is 11.5. The molecule has 3 N–H and O–H groups in total. The topological polar surface area (TPSA) is 102 Å². The van der Waals surface area contributed by atoms with Gasteiger partial charge in [-0.3, -0.25) is 4.79 Å². The number of hydrogen-bond donors (Lipinski definition) is 2. The summed E-state index contributed by atoms with van der Waals surface area (Å²) in [7, 11) is 0. The molecule has 0 aliphatic carbocycles. The SMILES string of the molecule is N[C@@H](Cc1ccc2oc(-c3cc4ccccc4o3)nc2c1)C(=O)O. The molecule has 6 heteroatoms. The van der Waals surface area contributed by atoms with Crippen LogP contribution >= 0.6 is 0 Å². The van der Waals surface area contributed by atoms with Gasteiger partial charge in [0.05, 0.1) is 0 Å². The van der Waals surface area contributed by atoms with Crippen molar-refractivity contribution >= 4 is 28.0 Å². The van der Waals surface area contributed by atoms with E-state index in [9.17, 15) is 4.79 Å². The standard InChI is InChI=1S/C18H14N2O4/c19-12(18(21)22)7-10-5-6-15-13(8-10)20-17(24-15)16-9-11-3-1-2-4-14(11)23-16/h1-6,8-9,12H,7,19H2,(H,21,22)/t12-/m0/s1. The maximum Gasteiger partial charge on any atom is 0.320 e. The summed E-state index contributed by atoms with van der Waals surface area (Å²) >= 11 is 0. The number of para-hydroxylation sites is 1. The third kappa shape index (κ3) is 2.53. The number of benzene rings is 2. The molecular formula is C18H14N2O4. The number of furan rings is 1. The molecule has 4 aromatic rings. The molecule has 4 rings (SSSR count). The molecule has 0 radical (unpaired) electrons. The van der Waals surface area contributed by atoms with Gasteiger partial charge < -0.3 is 19.7 Å². The zero-order valence-corrected chi connectivity index (χ0v) is 12.6. The average molecular weight is 322 g/mol. The van der Waals surface area contributed by atoms with Crippen molar-refractivity contribution in [1.82, 2.24) is 4.98 Å². The van der Waals surface area contributed by atoms with E-state index in [1.807, 2.05) is 30.3 Å². The van der Waals surface area contributed by atoms with Gasteiger partial charge in [0.25, 0.3) is 5.89 Å². The van der Waals surface area contributed by atoms with Gasteiger partial charge in [0, 0.05) is 5.39 Å². The van der Waals surface area contributed by atoms with E-state index in [1.165, 1.54) is 0 Å². The molecule has 2 aromatic carbocycles. The summed E-state index contributed by atoms with van der Waals surface area (Å²) in [6, 6.07) is 13.9. The van der Waals surface area contributed by atoms with Crippen molar-refractivity contribution < 1.29 is 18.7 Å². The molecule has 0 spiro atoms. The number of aliphatic carboxylic acids is 1. The number of nitrogens with two attached hydrogens (primary N) is 1. The van der Waals surface area contributed by atoms with Crippen LogP contribution in [0.5, 0.6) is 0 Å². The molecule has 0 aliphatic heterocycles. The van der Waals surface area contributed by atoms with E-state index >= 15 is 0 Å². The molecule has 0 aliphatic rings. The van der Waals surface area contributed by atoms with Crippen LogP contribution in [0.25, 0.3) is 33.7 Å². The molecule has 0 unspecified atom stereocenters. The smallest absolute Gasteiger partial charge is 0.320 e. The van der Waals surface area contributed by atoms with Crippen LogP contribution in [-0.2, 0) is 11.2 Å². The van der Waals surface area contributed by atoms with Gasteiger partial charge in [-0.05, 0) is 36.2 Å². The van der Waals surface area contributed by atoms with Crippen LogP contribution in [-0.4, -0.2) is 22.1 Å². The molecule has 0 fully saturated rings. The van der Waals surface area contributed by atoms with Crippen LogP contribution < -0.4 is 5.73 Å². The monoisotopic (exact) mass is 322 g/mol. The summed E-state index contributed by atoms with van der Waals surface area (Å²) in [4.78, 5) is 15.3. The van der Waals surface area contributed by atoms with E-state index in [2.05, 4.69) is 4.98 Å². The minimum absolute atomic E-state index is 0.234. The zero-order valence-electron chi connectivity index (χ0n) is 12.6. The van der Waals surface area contributed by atoms with Crippen molar-refractivity contribution in [2.24, 2.45) is 5.73 Å². The number of oxazole rings is 1. The van der Waals surface area contributed by atoms with E-state index in [0.717, 1.165) is 16.5 Å². The van der Waals surface area contributed by atoms with Crippen LogP contribution in [0, 0.1) is 0 Å². The van der Waals surface area contributed by atoms with Gasteiger partial charge in [-0.2, -0.15) is 0 Å². The first-order chi connectivity index (χ1) is 11.6. The van der Waals surface area contributed by atoms with E-state index in [0.29, 0.717) is 22.8 Å². The highest BCUT2D eigenvalue weighted by atomic mass is 16.4. The first kappa shape index (κ1) is 14.5. The second kappa shape index (κ2) is 5.50. The van der Waals surface area contributed by atoms with Gasteiger partial charge in [0.15, 0.2) is 11.3 Å². The minimum atomic E-state index is -1.03. The number of hydrogen-bond acceptors (Lipinski definition) is 5. The van der Waals surface area contributed by atoms with Crippen molar-refractivity contribution in [3.05, 3.63) is 54.1 Å². The number of aromatic nitrogens is 1. The summed E-state index contributed by atoms with van der Waals surface area (Å²) in [5.74, 6) is -0.0877. The molecular weight excluding hydrogens is 308 g/mol. The van der Waals surface area contributed by atoms with Crippen LogP contribution in [0.3, 0.4) is 0 Å². The third-order valence-electron chi connectivity index (χ3n) is 3.86. The Morgan fingerprint density at radius 3 is 2.75 bits per heavy atom. The molecule has 0 bridgehead atoms. The van der Waals surface area contributed by atoms with Gasteiger partial charge in [-0.15, -0.1) is 0 Å². The molecule has 0 saturated heterocycles. The molecule has 2 aromatic heterocycles. The van der Waals surface area contributed by atoms with Crippen LogP contribution in [0.1, 0.15) is 5.56 Å². The maximum absolute atomic E-state index is 10.9. The van der Waals surface area contributed by atoms with E-state index in [-0.39, 0.29) is 6.42 Å². The molecule has 1 atom stereocenters. The second-order valence-electron chi connectivity index (χ2n) is 5.62. The lowest BCUT2D eigenvalue weighted by Gasteiger charge is -2.05. The molecule has 120 valence electrons. The van der Waals surface area contributed by atoms with Crippen LogP contribution in [0.15, 0.2) is 57.4 Å². The Hall–Kier alpha value is -3.12. The van der Waals surface area contributed by atoms with Crippen LogP contribution in [0.2, 0.25) is 0 Å². The lowest BCUT2D eigenvalue weighted by Crippen LogP contribution is -2.32. The fraction of sp³-hybridized carbons (Fsp3) is 0.111. The largest absolute Gasteiger partial charge is 0.480 e. The first-order valence-corrected chi connectivity index (χ1v) is 7.47. The van der Waals surface area contributed by atoms with Crippen molar-refractivity contribution in [2.45, 2.75) is 12.5 Å². The Morgan fingerprint density at radius 2 is 1.96 bits per heavy atom. The van der Waals surface area contributed by atoms with Gasteiger partial charge in [0.2, 0.25) is 0 Å². The number of carboxylic acids is 1. The predicted octanol–water partition coefficient (Wildman–Crippen LogP) is 3.20. The average Bonchev–Trinajstić information content (AvgIpc) is 3.17. The number of fused-ring (bicyclic) bond motifs is 2. The summed E-state index contributed by atoms with van der Waals surface area (Å²) in [6.07, 6.45) is 0.234. The highest BCUT2D eigenvalue weighted by Crippen LogP contribution is 2.30. The molecule has 2 heterocycles. The second-order valence-corrected chi connectivity index (χ2v) is 5.62. The summed E-state index contributed by atoms with van der Waals surface area (Å²) in [5, 5.41) is 9.88. The fourth-order valence-electron chi connectivity index (χ4n) is 2.63. The predicted molar refractivity (Wildman–Crippen MR) is 88.5 cm³/mol. The first-order valence-electron chi connectivity index (χ1n) is 7.47. The molecule has 6 nitrogen and oxygen atoms in total. The fourth-order valence-corrected chi connectivity index (χ4v) is 2.63.